The summed E-state index contributed by atoms with van der Waals surface area (Å²) in [6.07, 6.45) is 0. The Bertz CT molecular complexity index is 595. The van der Waals surface area contributed by atoms with Crippen LogP contribution >= 0.6 is 11.6 Å². The van der Waals surface area contributed by atoms with Crippen molar-refractivity contribution in [3.8, 4) is 11.4 Å². The topological polar surface area (TPSA) is 25.8 Å². The standard InChI is InChI=1S/C16H19ClN2/c1-10-6-8-12(9-7-10)15-18-13(16(3,4)5)11(2)14(17)19-15/h6-9H,1-5H3. The van der Waals surface area contributed by atoms with E-state index < -0.39 is 0 Å². The molecule has 0 radical (unpaired) electrons. The van der Waals surface area contributed by atoms with Crippen LogP contribution in [0.5, 0.6) is 0 Å². The first kappa shape index (κ1) is 14.0. The van der Waals surface area contributed by atoms with Crippen molar-refractivity contribution in [3.05, 3.63) is 46.2 Å². The monoisotopic (exact) mass is 274 g/mol. The Morgan fingerprint density at radius 2 is 1.53 bits per heavy atom. The Kier molecular flexibility index (Phi) is 3.64. The molecule has 3 heteroatoms. The molecule has 1 heterocycles. The SMILES string of the molecule is Cc1ccc(-c2nc(Cl)c(C)c(C(C)(C)C)n2)cc1. The lowest BCUT2D eigenvalue weighted by atomic mass is 9.89. The third-order valence-electron chi connectivity index (χ3n) is 3.11. The molecule has 1 aromatic carbocycles. The lowest BCUT2D eigenvalue weighted by Gasteiger charge is -2.21. The van der Waals surface area contributed by atoms with Gasteiger partial charge >= 0.3 is 0 Å². The molecular weight excluding hydrogens is 256 g/mol. The summed E-state index contributed by atoms with van der Waals surface area (Å²) in [4.78, 5) is 9.11. The smallest absolute Gasteiger partial charge is 0.161 e. The maximum absolute atomic E-state index is 6.26. The van der Waals surface area contributed by atoms with E-state index in [4.69, 9.17) is 16.6 Å². The second-order valence-electron chi connectivity index (χ2n) is 5.93. The number of halogens is 1. The van der Waals surface area contributed by atoms with Crippen LogP contribution in [0.4, 0.5) is 0 Å². The molecule has 0 unspecified atom stereocenters. The molecule has 2 rings (SSSR count). The molecule has 0 amide bonds. The van der Waals surface area contributed by atoms with Gasteiger partial charge in [-0.25, -0.2) is 9.97 Å². The Balaban J connectivity index is 2.60. The fourth-order valence-corrected chi connectivity index (χ4v) is 2.22. The molecule has 19 heavy (non-hydrogen) atoms. The van der Waals surface area contributed by atoms with E-state index >= 15 is 0 Å². The van der Waals surface area contributed by atoms with Crippen molar-refractivity contribution >= 4 is 11.6 Å². The van der Waals surface area contributed by atoms with Gasteiger partial charge < -0.3 is 0 Å². The van der Waals surface area contributed by atoms with Crippen LogP contribution < -0.4 is 0 Å². The molecule has 0 saturated carbocycles. The van der Waals surface area contributed by atoms with Crippen molar-refractivity contribution < 1.29 is 0 Å². The van der Waals surface area contributed by atoms with E-state index in [1.54, 1.807) is 0 Å². The predicted octanol–water partition coefficient (Wildman–Crippen LogP) is 4.71. The summed E-state index contributed by atoms with van der Waals surface area (Å²) in [5.41, 5.74) is 4.14. The Labute approximate surface area is 119 Å². The van der Waals surface area contributed by atoms with Gasteiger partial charge in [0.1, 0.15) is 5.15 Å². The normalized spacial score (nSPS) is 11.7. The van der Waals surface area contributed by atoms with Gasteiger partial charge in [0, 0.05) is 16.5 Å². The van der Waals surface area contributed by atoms with Crippen LogP contribution in [0.25, 0.3) is 11.4 Å². The Hall–Kier alpha value is -1.41. The lowest BCUT2D eigenvalue weighted by molar-refractivity contribution is 0.563. The van der Waals surface area contributed by atoms with E-state index in [1.165, 1.54) is 5.56 Å². The minimum atomic E-state index is -0.0455. The van der Waals surface area contributed by atoms with Crippen LogP contribution in [0.1, 0.15) is 37.6 Å². The second-order valence-corrected chi connectivity index (χ2v) is 6.29. The molecule has 2 aromatic rings. The first-order valence-corrected chi connectivity index (χ1v) is 6.78. The maximum Gasteiger partial charge on any atom is 0.161 e. The molecule has 0 N–H and O–H groups in total. The maximum atomic E-state index is 6.26. The molecular formula is C16H19ClN2. The van der Waals surface area contributed by atoms with Crippen molar-refractivity contribution in [1.82, 2.24) is 9.97 Å². The highest BCUT2D eigenvalue weighted by molar-refractivity contribution is 6.30. The van der Waals surface area contributed by atoms with Gasteiger partial charge in [0.05, 0.1) is 5.69 Å². The molecule has 2 nitrogen and oxygen atoms in total. The fraction of sp³-hybridized carbons (Fsp3) is 0.375. The summed E-state index contributed by atoms with van der Waals surface area (Å²) >= 11 is 6.26. The van der Waals surface area contributed by atoms with Crippen LogP contribution in [-0.4, -0.2) is 9.97 Å². The van der Waals surface area contributed by atoms with Crippen molar-refractivity contribution in [1.29, 1.82) is 0 Å². The largest absolute Gasteiger partial charge is 0.232 e. The highest BCUT2D eigenvalue weighted by atomic mass is 35.5. The number of aryl methyl sites for hydroxylation is 1. The van der Waals surface area contributed by atoms with E-state index in [0.29, 0.717) is 11.0 Å². The van der Waals surface area contributed by atoms with Gasteiger partial charge in [-0.3, -0.25) is 0 Å². The number of nitrogens with zero attached hydrogens (tertiary/aromatic N) is 2. The van der Waals surface area contributed by atoms with E-state index in [9.17, 15) is 0 Å². The van der Waals surface area contributed by atoms with Crippen LogP contribution in [0.3, 0.4) is 0 Å². The van der Waals surface area contributed by atoms with Crippen LogP contribution in [0.2, 0.25) is 5.15 Å². The molecule has 0 aliphatic carbocycles. The van der Waals surface area contributed by atoms with E-state index in [-0.39, 0.29) is 5.41 Å². The van der Waals surface area contributed by atoms with E-state index in [2.05, 4.69) is 44.8 Å². The quantitative estimate of drug-likeness (QED) is 0.704. The Morgan fingerprint density at radius 1 is 0.947 bits per heavy atom. The molecule has 0 aliphatic rings. The van der Waals surface area contributed by atoms with Crippen molar-refractivity contribution in [2.24, 2.45) is 0 Å². The van der Waals surface area contributed by atoms with Gasteiger partial charge in [-0.2, -0.15) is 0 Å². The molecule has 0 aliphatic heterocycles. The van der Waals surface area contributed by atoms with Crippen molar-refractivity contribution in [2.75, 3.05) is 0 Å². The summed E-state index contributed by atoms with van der Waals surface area (Å²) in [5, 5.41) is 0.538. The van der Waals surface area contributed by atoms with E-state index in [0.717, 1.165) is 16.8 Å². The van der Waals surface area contributed by atoms with E-state index in [1.807, 2.05) is 19.1 Å². The number of hydrogen-bond donors (Lipinski definition) is 0. The zero-order valence-corrected chi connectivity index (χ0v) is 12.8. The van der Waals surface area contributed by atoms with Crippen LogP contribution in [0.15, 0.2) is 24.3 Å². The van der Waals surface area contributed by atoms with Gasteiger partial charge in [0.2, 0.25) is 0 Å². The molecule has 0 fully saturated rings. The molecule has 0 saturated heterocycles. The summed E-state index contributed by atoms with van der Waals surface area (Å²) in [7, 11) is 0. The minimum Gasteiger partial charge on any atom is -0.232 e. The number of rotatable bonds is 1. The third kappa shape index (κ3) is 2.95. The average Bonchev–Trinajstić information content (AvgIpc) is 2.32. The summed E-state index contributed by atoms with van der Waals surface area (Å²) in [5.74, 6) is 0.695. The fourth-order valence-electron chi connectivity index (χ4n) is 2.05. The number of hydrogen-bond acceptors (Lipinski definition) is 2. The molecule has 0 atom stereocenters. The second kappa shape index (κ2) is 4.93. The summed E-state index contributed by atoms with van der Waals surface area (Å²) in [6.45, 7) is 10.4. The highest BCUT2D eigenvalue weighted by Gasteiger charge is 2.21. The van der Waals surface area contributed by atoms with Gasteiger partial charge in [-0.05, 0) is 13.8 Å². The van der Waals surface area contributed by atoms with Gasteiger partial charge in [-0.1, -0.05) is 62.2 Å². The predicted molar refractivity (Wildman–Crippen MR) is 80.7 cm³/mol. The third-order valence-corrected chi connectivity index (χ3v) is 3.47. The van der Waals surface area contributed by atoms with Gasteiger partial charge in [-0.15, -0.1) is 0 Å². The molecule has 100 valence electrons. The first-order valence-electron chi connectivity index (χ1n) is 6.40. The highest BCUT2D eigenvalue weighted by Crippen LogP contribution is 2.29. The zero-order valence-electron chi connectivity index (χ0n) is 12.1. The Morgan fingerprint density at radius 3 is 2.05 bits per heavy atom. The summed E-state index contributed by atoms with van der Waals surface area (Å²) < 4.78 is 0. The number of benzene rings is 1. The zero-order chi connectivity index (χ0) is 14.2. The summed E-state index contributed by atoms with van der Waals surface area (Å²) in [6, 6.07) is 8.18. The van der Waals surface area contributed by atoms with Gasteiger partial charge in [0.25, 0.3) is 0 Å². The van der Waals surface area contributed by atoms with Crippen molar-refractivity contribution in [3.63, 3.8) is 0 Å². The van der Waals surface area contributed by atoms with Crippen molar-refractivity contribution in [2.45, 2.75) is 40.0 Å². The number of aromatic nitrogens is 2. The first-order chi connectivity index (χ1) is 8.79. The lowest BCUT2D eigenvalue weighted by Crippen LogP contribution is -2.17. The van der Waals surface area contributed by atoms with Crippen LogP contribution in [0, 0.1) is 13.8 Å². The van der Waals surface area contributed by atoms with Crippen LogP contribution in [-0.2, 0) is 5.41 Å². The average molecular weight is 275 g/mol. The minimum absolute atomic E-state index is 0.0455. The molecule has 1 aromatic heterocycles. The van der Waals surface area contributed by atoms with Gasteiger partial charge in [0.15, 0.2) is 5.82 Å². The molecule has 0 bridgehead atoms. The molecule has 0 spiro atoms.